The maximum atomic E-state index is 9.13. The van der Waals surface area contributed by atoms with Gasteiger partial charge in [-0.2, -0.15) is 0 Å². The summed E-state index contributed by atoms with van der Waals surface area (Å²) in [6.07, 6.45) is 0. The minimum absolute atomic E-state index is 0.146. The smallest absolute Gasteiger partial charge is 0.119 e. The van der Waals surface area contributed by atoms with E-state index in [1.807, 2.05) is 32.0 Å². The summed E-state index contributed by atoms with van der Waals surface area (Å²) < 4.78 is 7.63. The molecule has 0 aliphatic rings. The molecular weight excluding hydrogens is 226 g/mol. The van der Waals surface area contributed by atoms with E-state index in [1.54, 1.807) is 0 Å². The normalized spacial score (nSPS) is 10.6. The Morgan fingerprint density at radius 1 is 1.22 bits per heavy atom. The van der Waals surface area contributed by atoms with Gasteiger partial charge < -0.3 is 14.4 Å². The molecule has 1 heterocycles. The summed E-state index contributed by atoms with van der Waals surface area (Å²) in [4.78, 5) is 0. The van der Waals surface area contributed by atoms with Crippen LogP contribution in [0.15, 0.2) is 36.4 Å². The lowest BCUT2D eigenvalue weighted by atomic mass is 10.1. The Bertz CT molecular complexity index is 517. The quantitative estimate of drug-likeness (QED) is 0.879. The molecule has 1 N–H and O–H groups in total. The zero-order valence-corrected chi connectivity index (χ0v) is 10.9. The molecule has 1 aromatic carbocycles. The van der Waals surface area contributed by atoms with Gasteiger partial charge in [0.1, 0.15) is 5.75 Å². The second-order valence-electron chi connectivity index (χ2n) is 4.20. The summed E-state index contributed by atoms with van der Waals surface area (Å²) in [6.45, 7) is 5.46. The molecule has 2 aromatic rings. The van der Waals surface area contributed by atoms with Crippen LogP contribution in [0.5, 0.6) is 5.75 Å². The Balaban J connectivity index is 2.38. The highest BCUT2D eigenvalue weighted by Gasteiger charge is 2.07. The molecule has 0 aliphatic heterocycles. The van der Waals surface area contributed by atoms with Gasteiger partial charge in [0.05, 0.1) is 13.2 Å². The second-order valence-corrected chi connectivity index (χ2v) is 4.20. The molecule has 96 valence electrons. The first kappa shape index (κ1) is 12.7. The molecule has 18 heavy (non-hydrogen) atoms. The SMILES string of the molecule is CCOc1cccc(-c2ccc(C)n2CCO)c1. The number of hydrogen-bond acceptors (Lipinski definition) is 2. The van der Waals surface area contributed by atoms with Gasteiger partial charge in [0, 0.05) is 23.5 Å². The van der Waals surface area contributed by atoms with E-state index in [-0.39, 0.29) is 6.61 Å². The Morgan fingerprint density at radius 3 is 2.78 bits per heavy atom. The lowest BCUT2D eigenvalue weighted by molar-refractivity contribution is 0.276. The molecule has 3 nitrogen and oxygen atoms in total. The first-order valence-corrected chi connectivity index (χ1v) is 6.26. The summed E-state index contributed by atoms with van der Waals surface area (Å²) in [5.74, 6) is 0.879. The molecule has 0 saturated heterocycles. The minimum atomic E-state index is 0.146. The van der Waals surface area contributed by atoms with Crippen molar-refractivity contribution in [2.45, 2.75) is 20.4 Å². The van der Waals surface area contributed by atoms with Crippen LogP contribution in [-0.2, 0) is 6.54 Å². The number of nitrogens with zero attached hydrogens (tertiary/aromatic N) is 1. The fraction of sp³-hybridized carbons (Fsp3) is 0.333. The number of aliphatic hydroxyl groups excluding tert-OH is 1. The Morgan fingerprint density at radius 2 is 2.06 bits per heavy atom. The predicted octanol–water partition coefficient (Wildman–Crippen LogP) is 2.85. The molecule has 0 spiro atoms. The van der Waals surface area contributed by atoms with Crippen molar-refractivity contribution in [1.82, 2.24) is 4.57 Å². The highest BCUT2D eigenvalue weighted by molar-refractivity contribution is 5.62. The molecule has 0 aliphatic carbocycles. The molecule has 0 radical (unpaired) electrons. The van der Waals surface area contributed by atoms with Crippen molar-refractivity contribution in [2.75, 3.05) is 13.2 Å². The van der Waals surface area contributed by atoms with Crippen molar-refractivity contribution < 1.29 is 9.84 Å². The lowest BCUT2D eigenvalue weighted by Crippen LogP contribution is -2.05. The van der Waals surface area contributed by atoms with Crippen molar-refractivity contribution in [1.29, 1.82) is 0 Å². The van der Waals surface area contributed by atoms with Crippen LogP contribution >= 0.6 is 0 Å². The van der Waals surface area contributed by atoms with Gasteiger partial charge in [0.25, 0.3) is 0 Å². The number of aryl methyl sites for hydroxylation is 1. The second kappa shape index (κ2) is 5.74. The van der Waals surface area contributed by atoms with Crippen LogP contribution in [0.2, 0.25) is 0 Å². The van der Waals surface area contributed by atoms with Crippen molar-refractivity contribution in [3.8, 4) is 17.0 Å². The third-order valence-electron chi connectivity index (χ3n) is 2.96. The van der Waals surface area contributed by atoms with E-state index in [1.165, 1.54) is 0 Å². The summed E-state index contributed by atoms with van der Waals surface area (Å²) in [6, 6.07) is 12.2. The fourth-order valence-electron chi connectivity index (χ4n) is 2.13. The van der Waals surface area contributed by atoms with Crippen LogP contribution in [0.4, 0.5) is 0 Å². The average Bonchev–Trinajstić information content (AvgIpc) is 2.73. The zero-order valence-electron chi connectivity index (χ0n) is 10.9. The molecule has 0 bridgehead atoms. The lowest BCUT2D eigenvalue weighted by Gasteiger charge is -2.11. The number of hydrogen-bond donors (Lipinski definition) is 1. The van der Waals surface area contributed by atoms with Gasteiger partial charge in [-0.15, -0.1) is 0 Å². The maximum Gasteiger partial charge on any atom is 0.119 e. The van der Waals surface area contributed by atoms with Gasteiger partial charge >= 0.3 is 0 Å². The third kappa shape index (κ3) is 2.57. The summed E-state index contributed by atoms with van der Waals surface area (Å²) >= 11 is 0. The van der Waals surface area contributed by atoms with E-state index in [9.17, 15) is 0 Å². The highest BCUT2D eigenvalue weighted by atomic mass is 16.5. The van der Waals surface area contributed by atoms with Crippen molar-refractivity contribution in [3.05, 3.63) is 42.1 Å². The zero-order chi connectivity index (χ0) is 13.0. The largest absolute Gasteiger partial charge is 0.494 e. The van der Waals surface area contributed by atoms with Crippen molar-refractivity contribution in [3.63, 3.8) is 0 Å². The van der Waals surface area contributed by atoms with Crippen LogP contribution in [-0.4, -0.2) is 22.9 Å². The molecular formula is C15H19NO2. The number of benzene rings is 1. The van der Waals surface area contributed by atoms with Crippen LogP contribution < -0.4 is 4.74 Å². The summed E-state index contributed by atoms with van der Waals surface area (Å²) in [5.41, 5.74) is 3.38. The van der Waals surface area contributed by atoms with Crippen molar-refractivity contribution >= 4 is 0 Å². The van der Waals surface area contributed by atoms with Gasteiger partial charge in [-0.05, 0) is 38.1 Å². The number of ether oxygens (including phenoxy) is 1. The van der Waals surface area contributed by atoms with E-state index < -0.39 is 0 Å². The maximum absolute atomic E-state index is 9.13. The minimum Gasteiger partial charge on any atom is -0.494 e. The van der Waals surface area contributed by atoms with E-state index in [0.29, 0.717) is 13.2 Å². The van der Waals surface area contributed by atoms with E-state index >= 15 is 0 Å². The molecule has 0 saturated carbocycles. The van der Waals surface area contributed by atoms with Crippen LogP contribution in [0.3, 0.4) is 0 Å². The molecule has 0 atom stereocenters. The predicted molar refractivity (Wildman–Crippen MR) is 72.9 cm³/mol. The van der Waals surface area contributed by atoms with Gasteiger partial charge in [0.15, 0.2) is 0 Å². The summed E-state index contributed by atoms with van der Waals surface area (Å²) in [5, 5.41) is 9.13. The number of aliphatic hydroxyl groups is 1. The van der Waals surface area contributed by atoms with Crippen molar-refractivity contribution in [2.24, 2.45) is 0 Å². The van der Waals surface area contributed by atoms with Gasteiger partial charge in [-0.1, -0.05) is 12.1 Å². The molecule has 0 fully saturated rings. The fourth-order valence-corrected chi connectivity index (χ4v) is 2.13. The van der Waals surface area contributed by atoms with Crippen LogP contribution in [0, 0.1) is 6.92 Å². The first-order chi connectivity index (χ1) is 8.76. The van der Waals surface area contributed by atoms with Gasteiger partial charge in [-0.3, -0.25) is 0 Å². The third-order valence-corrected chi connectivity index (χ3v) is 2.96. The summed E-state index contributed by atoms with van der Waals surface area (Å²) in [7, 11) is 0. The molecule has 2 rings (SSSR count). The van der Waals surface area contributed by atoms with E-state index in [4.69, 9.17) is 9.84 Å². The Kier molecular flexibility index (Phi) is 4.05. The monoisotopic (exact) mass is 245 g/mol. The molecule has 3 heteroatoms. The van der Waals surface area contributed by atoms with Crippen LogP contribution in [0.25, 0.3) is 11.3 Å². The van der Waals surface area contributed by atoms with Crippen LogP contribution in [0.1, 0.15) is 12.6 Å². The van der Waals surface area contributed by atoms with E-state index in [2.05, 4.69) is 22.8 Å². The molecule has 1 aromatic heterocycles. The standard InChI is InChI=1S/C15H19NO2/c1-3-18-14-6-4-5-13(11-14)15-8-7-12(2)16(15)9-10-17/h4-8,11,17H,3,9-10H2,1-2H3. The first-order valence-electron chi connectivity index (χ1n) is 6.26. The number of rotatable bonds is 5. The number of aromatic nitrogens is 1. The van der Waals surface area contributed by atoms with E-state index in [0.717, 1.165) is 22.7 Å². The molecule has 0 amide bonds. The topological polar surface area (TPSA) is 34.4 Å². The Hall–Kier alpha value is -1.74. The van der Waals surface area contributed by atoms with Gasteiger partial charge in [0.2, 0.25) is 0 Å². The highest BCUT2D eigenvalue weighted by Crippen LogP contribution is 2.26. The Labute approximate surface area is 108 Å². The molecule has 0 unspecified atom stereocenters. The van der Waals surface area contributed by atoms with Gasteiger partial charge in [-0.25, -0.2) is 0 Å². The average molecular weight is 245 g/mol.